The van der Waals surface area contributed by atoms with Gasteiger partial charge in [0, 0.05) is 24.2 Å². The van der Waals surface area contributed by atoms with Gasteiger partial charge in [0.1, 0.15) is 11.6 Å². The van der Waals surface area contributed by atoms with E-state index in [1.165, 1.54) is 12.1 Å². The van der Waals surface area contributed by atoms with Gasteiger partial charge in [-0.25, -0.2) is 4.39 Å². The van der Waals surface area contributed by atoms with E-state index < -0.39 is 0 Å². The van der Waals surface area contributed by atoms with Crippen LogP contribution >= 0.6 is 0 Å². The first-order chi connectivity index (χ1) is 15.6. The number of piperidine rings is 1. The highest BCUT2D eigenvalue weighted by atomic mass is 19.1. The van der Waals surface area contributed by atoms with E-state index in [1.807, 2.05) is 31.2 Å². The fourth-order valence-corrected chi connectivity index (χ4v) is 3.91. The van der Waals surface area contributed by atoms with Gasteiger partial charge in [-0.1, -0.05) is 23.4 Å². The minimum absolute atomic E-state index is 0.0403. The summed E-state index contributed by atoms with van der Waals surface area (Å²) < 4.78 is 24.1. The van der Waals surface area contributed by atoms with Crippen molar-refractivity contribution in [1.29, 1.82) is 0 Å². The van der Waals surface area contributed by atoms with Crippen molar-refractivity contribution in [1.82, 2.24) is 20.4 Å². The normalized spacial score (nSPS) is 16.6. The average Bonchev–Trinajstić information content (AvgIpc) is 3.27. The van der Waals surface area contributed by atoms with Crippen LogP contribution in [0.4, 0.5) is 4.39 Å². The van der Waals surface area contributed by atoms with Crippen LogP contribution < -0.4 is 10.1 Å². The van der Waals surface area contributed by atoms with Crippen molar-refractivity contribution in [3.05, 3.63) is 65.8 Å². The maximum atomic E-state index is 13.1. The molecule has 0 spiro atoms. The third kappa shape index (κ3) is 5.50. The molecule has 0 aliphatic carbocycles. The lowest BCUT2D eigenvalue weighted by Gasteiger charge is -2.30. The van der Waals surface area contributed by atoms with Gasteiger partial charge >= 0.3 is 0 Å². The van der Waals surface area contributed by atoms with Crippen LogP contribution in [0.25, 0.3) is 11.4 Å². The zero-order chi connectivity index (χ0) is 22.3. The lowest BCUT2D eigenvalue weighted by Crippen LogP contribution is -2.42. The molecule has 1 amide bonds. The number of aromatic nitrogens is 2. The Morgan fingerprint density at radius 1 is 1.25 bits per heavy atom. The minimum Gasteiger partial charge on any atom is -0.494 e. The molecule has 1 atom stereocenters. The molecule has 7 nitrogen and oxygen atoms in total. The number of benzene rings is 2. The Morgan fingerprint density at radius 2 is 2.06 bits per heavy atom. The molecule has 168 valence electrons. The summed E-state index contributed by atoms with van der Waals surface area (Å²) in [7, 11) is 0. The number of rotatable bonds is 8. The summed E-state index contributed by atoms with van der Waals surface area (Å²) in [6, 6.07) is 13.7. The summed E-state index contributed by atoms with van der Waals surface area (Å²) >= 11 is 0. The van der Waals surface area contributed by atoms with Crippen LogP contribution in [-0.2, 0) is 17.9 Å². The van der Waals surface area contributed by atoms with Crippen LogP contribution in [0.5, 0.6) is 5.75 Å². The summed E-state index contributed by atoms with van der Waals surface area (Å²) in [4.78, 5) is 19.4. The van der Waals surface area contributed by atoms with Gasteiger partial charge in [-0.05, 0) is 56.6 Å². The molecule has 0 radical (unpaired) electrons. The third-order valence-corrected chi connectivity index (χ3v) is 5.53. The van der Waals surface area contributed by atoms with Crippen molar-refractivity contribution in [2.75, 3.05) is 19.7 Å². The zero-order valence-electron chi connectivity index (χ0n) is 18.1. The van der Waals surface area contributed by atoms with Crippen molar-refractivity contribution in [3.63, 3.8) is 0 Å². The highest BCUT2D eigenvalue weighted by Crippen LogP contribution is 2.22. The maximum Gasteiger partial charge on any atom is 0.241 e. The first kappa shape index (κ1) is 22.0. The van der Waals surface area contributed by atoms with Gasteiger partial charge in [0.25, 0.3) is 0 Å². The minimum atomic E-state index is -0.309. The van der Waals surface area contributed by atoms with Crippen molar-refractivity contribution in [2.45, 2.75) is 32.9 Å². The molecule has 1 fully saturated rings. The number of amides is 1. The van der Waals surface area contributed by atoms with E-state index in [1.54, 1.807) is 12.1 Å². The fourth-order valence-electron chi connectivity index (χ4n) is 3.91. The van der Waals surface area contributed by atoms with Crippen LogP contribution in [0.3, 0.4) is 0 Å². The molecule has 1 saturated heterocycles. The number of hydrogen-bond acceptors (Lipinski definition) is 6. The second-order valence-corrected chi connectivity index (χ2v) is 7.85. The molecule has 0 saturated carbocycles. The van der Waals surface area contributed by atoms with Crippen LogP contribution in [-0.4, -0.2) is 40.6 Å². The lowest BCUT2D eigenvalue weighted by molar-refractivity contribution is -0.127. The average molecular weight is 439 g/mol. The molecule has 2 aromatic carbocycles. The van der Waals surface area contributed by atoms with Gasteiger partial charge in [-0.2, -0.15) is 4.98 Å². The number of nitrogens with zero attached hydrogens (tertiary/aromatic N) is 3. The van der Waals surface area contributed by atoms with Gasteiger partial charge in [0.2, 0.25) is 17.6 Å². The number of likely N-dealkylation sites (tertiary alicyclic amines) is 1. The molecule has 1 aromatic heterocycles. The highest BCUT2D eigenvalue weighted by molar-refractivity contribution is 5.79. The summed E-state index contributed by atoms with van der Waals surface area (Å²) in [6.45, 7) is 4.94. The molecule has 0 bridgehead atoms. The largest absolute Gasteiger partial charge is 0.494 e. The number of carbonyl (C=O) groups excluding carboxylic acids is 1. The first-order valence-corrected chi connectivity index (χ1v) is 10.9. The van der Waals surface area contributed by atoms with E-state index in [9.17, 15) is 9.18 Å². The molecule has 32 heavy (non-hydrogen) atoms. The third-order valence-electron chi connectivity index (χ3n) is 5.53. The standard InChI is InChI=1S/C24H27FN4O3/c1-2-31-21-8-4-3-6-18(21)14-26-24(30)19-7-5-13-29(15-19)16-22-27-23(28-32-22)17-9-11-20(25)12-10-17/h3-4,6,8-12,19H,2,5,7,13-16H2,1H3,(H,26,30). The summed E-state index contributed by atoms with van der Waals surface area (Å²) in [5.74, 6) is 1.35. The van der Waals surface area contributed by atoms with Gasteiger partial charge in [0.15, 0.2) is 0 Å². The van der Waals surface area contributed by atoms with Gasteiger partial charge in [0.05, 0.1) is 19.1 Å². The Labute approximate surface area is 186 Å². The topological polar surface area (TPSA) is 80.5 Å². The van der Waals surface area contributed by atoms with Crippen LogP contribution in [0.15, 0.2) is 53.1 Å². The van der Waals surface area contributed by atoms with Crippen molar-refractivity contribution in [2.24, 2.45) is 5.92 Å². The summed E-state index contributed by atoms with van der Waals surface area (Å²) in [6.07, 6.45) is 1.77. The molecule has 2 heterocycles. The Balaban J connectivity index is 1.31. The molecule has 8 heteroatoms. The van der Waals surface area contributed by atoms with E-state index in [0.717, 1.165) is 30.7 Å². The summed E-state index contributed by atoms with van der Waals surface area (Å²) in [5, 5.41) is 7.05. The SMILES string of the molecule is CCOc1ccccc1CNC(=O)C1CCCN(Cc2nc(-c3ccc(F)cc3)no2)C1. The molecule has 1 unspecified atom stereocenters. The zero-order valence-corrected chi connectivity index (χ0v) is 18.1. The number of ether oxygens (including phenoxy) is 1. The highest BCUT2D eigenvalue weighted by Gasteiger charge is 2.27. The van der Waals surface area contributed by atoms with Crippen molar-refractivity contribution < 1.29 is 18.4 Å². The Hall–Kier alpha value is -3.26. The van der Waals surface area contributed by atoms with E-state index in [-0.39, 0.29) is 17.6 Å². The second kappa shape index (κ2) is 10.4. The fraction of sp³-hybridized carbons (Fsp3) is 0.375. The Morgan fingerprint density at radius 3 is 2.88 bits per heavy atom. The quantitative estimate of drug-likeness (QED) is 0.576. The number of halogens is 1. The van der Waals surface area contributed by atoms with E-state index in [4.69, 9.17) is 9.26 Å². The van der Waals surface area contributed by atoms with E-state index in [2.05, 4.69) is 20.4 Å². The van der Waals surface area contributed by atoms with Gasteiger partial charge < -0.3 is 14.6 Å². The van der Waals surface area contributed by atoms with Gasteiger partial charge in [-0.15, -0.1) is 0 Å². The second-order valence-electron chi connectivity index (χ2n) is 7.85. The van der Waals surface area contributed by atoms with E-state index in [0.29, 0.717) is 43.5 Å². The molecular formula is C24H27FN4O3. The molecular weight excluding hydrogens is 411 g/mol. The Kier molecular flexibility index (Phi) is 7.11. The maximum absolute atomic E-state index is 13.1. The van der Waals surface area contributed by atoms with Crippen LogP contribution in [0.1, 0.15) is 31.2 Å². The first-order valence-electron chi connectivity index (χ1n) is 10.9. The predicted molar refractivity (Wildman–Crippen MR) is 117 cm³/mol. The lowest BCUT2D eigenvalue weighted by atomic mass is 9.97. The van der Waals surface area contributed by atoms with Crippen molar-refractivity contribution in [3.8, 4) is 17.1 Å². The molecule has 1 aliphatic rings. The monoisotopic (exact) mass is 438 g/mol. The molecule has 3 aromatic rings. The van der Waals surface area contributed by atoms with Crippen LogP contribution in [0, 0.1) is 11.7 Å². The van der Waals surface area contributed by atoms with E-state index >= 15 is 0 Å². The molecule has 4 rings (SSSR count). The Bertz CT molecular complexity index is 1040. The van der Waals surface area contributed by atoms with Crippen LogP contribution in [0.2, 0.25) is 0 Å². The predicted octanol–water partition coefficient (Wildman–Crippen LogP) is 3.80. The molecule has 1 N–H and O–H groups in total. The smallest absolute Gasteiger partial charge is 0.241 e. The number of nitrogens with one attached hydrogen (secondary N) is 1. The number of para-hydroxylation sites is 1. The molecule has 1 aliphatic heterocycles. The van der Waals surface area contributed by atoms with Gasteiger partial charge in [-0.3, -0.25) is 9.69 Å². The number of carbonyl (C=O) groups is 1. The summed E-state index contributed by atoms with van der Waals surface area (Å²) in [5.41, 5.74) is 1.67. The van der Waals surface area contributed by atoms with Crippen molar-refractivity contribution >= 4 is 5.91 Å². The number of hydrogen-bond donors (Lipinski definition) is 1.